The van der Waals surface area contributed by atoms with Crippen LogP contribution in [0.5, 0.6) is 17.4 Å². The van der Waals surface area contributed by atoms with Crippen molar-refractivity contribution in [3.8, 4) is 23.4 Å². The average Bonchev–Trinajstić information content (AvgIpc) is 2.70. The number of nitrogen functional groups attached to an aromatic ring is 1. The van der Waals surface area contributed by atoms with Crippen molar-refractivity contribution in [1.82, 2.24) is 4.98 Å². The van der Waals surface area contributed by atoms with Gasteiger partial charge < -0.3 is 20.5 Å². The minimum atomic E-state index is -0.263. The van der Waals surface area contributed by atoms with E-state index in [0.29, 0.717) is 12.4 Å². The fraction of sp³-hybridized carbons (Fsp3) is 0.136. The number of ether oxygens (including phenoxy) is 2. The number of nitriles is 1. The second kappa shape index (κ2) is 9.24. The van der Waals surface area contributed by atoms with Gasteiger partial charge in [-0.15, -0.1) is 0 Å². The van der Waals surface area contributed by atoms with E-state index in [1.54, 1.807) is 19.1 Å². The lowest BCUT2D eigenvalue weighted by Crippen LogP contribution is -2.16. The Morgan fingerprint density at radius 2 is 1.83 bits per heavy atom. The quantitative estimate of drug-likeness (QED) is 0.635. The number of hydrogen-bond donors (Lipinski definition) is 2. The number of pyridine rings is 1. The van der Waals surface area contributed by atoms with Gasteiger partial charge in [-0.3, -0.25) is 4.79 Å². The number of nitrogens with two attached hydrogens (primary N) is 1. The third-order valence-corrected chi connectivity index (χ3v) is 3.94. The predicted octanol–water partition coefficient (Wildman–Crippen LogP) is 3.91. The molecule has 0 spiro atoms. The molecule has 0 radical (unpaired) electrons. The first kappa shape index (κ1) is 19.7. The molecule has 146 valence electrons. The van der Waals surface area contributed by atoms with Crippen molar-refractivity contribution in [3.63, 3.8) is 0 Å². The molecule has 0 aliphatic rings. The van der Waals surface area contributed by atoms with E-state index in [4.69, 9.17) is 20.5 Å². The van der Waals surface area contributed by atoms with Crippen LogP contribution in [0.15, 0.2) is 60.7 Å². The van der Waals surface area contributed by atoms with Crippen LogP contribution in [0.25, 0.3) is 0 Å². The van der Waals surface area contributed by atoms with Gasteiger partial charge in [0.15, 0.2) is 0 Å². The molecule has 7 nitrogen and oxygen atoms in total. The molecule has 0 saturated carbocycles. The molecule has 0 bridgehead atoms. The topological polar surface area (TPSA) is 110 Å². The van der Waals surface area contributed by atoms with Gasteiger partial charge in [0.2, 0.25) is 11.8 Å². The van der Waals surface area contributed by atoms with E-state index >= 15 is 0 Å². The summed E-state index contributed by atoms with van der Waals surface area (Å²) in [7, 11) is 0. The van der Waals surface area contributed by atoms with E-state index in [9.17, 15) is 4.79 Å². The van der Waals surface area contributed by atoms with Crippen LogP contribution < -0.4 is 20.5 Å². The summed E-state index contributed by atoms with van der Waals surface area (Å²) in [5, 5.41) is 11.8. The van der Waals surface area contributed by atoms with Crippen molar-refractivity contribution >= 4 is 17.4 Å². The van der Waals surface area contributed by atoms with E-state index in [-0.39, 0.29) is 35.3 Å². The highest BCUT2D eigenvalue weighted by atomic mass is 16.5. The second-order valence-corrected chi connectivity index (χ2v) is 6.11. The first-order valence-electron chi connectivity index (χ1n) is 9.04. The zero-order valence-electron chi connectivity index (χ0n) is 15.9. The zero-order chi connectivity index (χ0) is 20.6. The number of benzene rings is 2. The summed E-state index contributed by atoms with van der Waals surface area (Å²) in [4.78, 5) is 16.5. The number of anilines is 2. The molecule has 0 saturated heterocycles. The van der Waals surface area contributed by atoms with E-state index in [0.717, 1.165) is 11.3 Å². The molecule has 7 heteroatoms. The Morgan fingerprint density at radius 1 is 1.14 bits per heavy atom. The highest BCUT2D eigenvalue weighted by molar-refractivity contribution is 5.92. The Bertz CT molecular complexity index is 1030. The van der Waals surface area contributed by atoms with Gasteiger partial charge in [-0.2, -0.15) is 10.2 Å². The summed E-state index contributed by atoms with van der Waals surface area (Å²) in [6.45, 7) is 2.10. The molecule has 2 aromatic carbocycles. The standard InChI is InChI=1S/C22H20N4O3/c1-2-28-22-18(14-23)19(24)13-20(26-22)25-21(27)12-15-8-10-17(11-9-15)29-16-6-4-3-5-7-16/h3-11,13H,2,12H2,1H3,(H3,24,25,26,27). The van der Waals surface area contributed by atoms with Crippen LogP contribution in [0.2, 0.25) is 0 Å². The van der Waals surface area contributed by atoms with E-state index in [1.165, 1.54) is 6.07 Å². The van der Waals surface area contributed by atoms with E-state index < -0.39 is 0 Å². The number of nitrogens with zero attached hydrogens (tertiary/aromatic N) is 2. The van der Waals surface area contributed by atoms with Crippen LogP contribution in [-0.2, 0) is 11.2 Å². The molecule has 3 N–H and O–H groups in total. The number of rotatable bonds is 7. The molecule has 1 amide bonds. The molecule has 1 heterocycles. The SMILES string of the molecule is CCOc1nc(NC(=O)Cc2ccc(Oc3ccccc3)cc2)cc(N)c1C#N. The molecule has 29 heavy (non-hydrogen) atoms. The Balaban J connectivity index is 1.64. The van der Waals surface area contributed by atoms with Crippen molar-refractivity contribution < 1.29 is 14.3 Å². The van der Waals surface area contributed by atoms with Gasteiger partial charge in [-0.1, -0.05) is 30.3 Å². The first-order valence-corrected chi connectivity index (χ1v) is 9.04. The van der Waals surface area contributed by atoms with Gasteiger partial charge >= 0.3 is 0 Å². The Hall–Kier alpha value is -4.05. The van der Waals surface area contributed by atoms with Crippen molar-refractivity contribution in [1.29, 1.82) is 5.26 Å². The Labute approximate surface area is 168 Å². The number of carbonyl (C=O) groups is 1. The highest BCUT2D eigenvalue weighted by Gasteiger charge is 2.13. The minimum Gasteiger partial charge on any atom is -0.477 e. The van der Waals surface area contributed by atoms with Crippen LogP contribution in [0.1, 0.15) is 18.1 Å². The lowest BCUT2D eigenvalue weighted by Gasteiger charge is -2.11. The van der Waals surface area contributed by atoms with Crippen LogP contribution in [-0.4, -0.2) is 17.5 Å². The van der Waals surface area contributed by atoms with Gasteiger partial charge in [0.05, 0.1) is 18.7 Å². The molecule has 0 atom stereocenters. The molecule has 3 rings (SSSR count). The summed E-state index contributed by atoms with van der Waals surface area (Å²) in [6, 6.07) is 20.1. The maximum Gasteiger partial charge on any atom is 0.235 e. The third-order valence-electron chi connectivity index (χ3n) is 3.94. The summed E-state index contributed by atoms with van der Waals surface area (Å²) >= 11 is 0. The Morgan fingerprint density at radius 3 is 2.48 bits per heavy atom. The number of aromatic nitrogens is 1. The average molecular weight is 388 g/mol. The third kappa shape index (κ3) is 5.23. The van der Waals surface area contributed by atoms with Crippen molar-refractivity contribution in [3.05, 3.63) is 71.8 Å². The van der Waals surface area contributed by atoms with Crippen molar-refractivity contribution in [2.45, 2.75) is 13.3 Å². The predicted molar refractivity (Wildman–Crippen MR) is 110 cm³/mol. The van der Waals surface area contributed by atoms with Crippen molar-refractivity contribution in [2.24, 2.45) is 0 Å². The normalized spacial score (nSPS) is 10.1. The monoisotopic (exact) mass is 388 g/mol. The van der Waals surface area contributed by atoms with Crippen LogP contribution >= 0.6 is 0 Å². The van der Waals surface area contributed by atoms with E-state index in [2.05, 4.69) is 10.3 Å². The lowest BCUT2D eigenvalue weighted by atomic mass is 10.1. The fourth-order valence-corrected chi connectivity index (χ4v) is 2.63. The minimum absolute atomic E-state index is 0.104. The molecule has 0 aliphatic heterocycles. The molecule has 3 aromatic rings. The Kier molecular flexibility index (Phi) is 6.28. The first-order chi connectivity index (χ1) is 14.1. The molecule has 0 aliphatic carbocycles. The van der Waals surface area contributed by atoms with Gasteiger partial charge in [0, 0.05) is 6.07 Å². The van der Waals surface area contributed by atoms with Crippen LogP contribution in [0.4, 0.5) is 11.5 Å². The highest BCUT2D eigenvalue weighted by Crippen LogP contribution is 2.25. The smallest absolute Gasteiger partial charge is 0.235 e. The molecule has 0 fully saturated rings. The summed E-state index contributed by atoms with van der Waals surface area (Å²) in [5.74, 6) is 1.50. The summed E-state index contributed by atoms with van der Waals surface area (Å²) < 4.78 is 11.1. The number of para-hydroxylation sites is 1. The molecule has 0 unspecified atom stereocenters. The largest absolute Gasteiger partial charge is 0.477 e. The van der Waals surface area contributed by atoms with E-state index in [1.807, 2.05) is 48.5 Å². The molecular formula is C22H20N4O3. The lowest BCUT2D eigenvalue weighted by molar-refractivity contribution is -0.115. The summed E-state index contributed by atoms with van der Waals surface area (Å²) in [6.07, 6.45) is 0.150. The fourth-order valence-electron chi connectivity index (χ4n) is 2.63. The van der Waals surface area contributed by atoms with Crippen LogP contribution in [0, 0.1) is 11.3 Å². The summed E-state index contributed by atoms with van der Waals surface area (Å²) in [5.41, 5.74) is 7.03. The maximum absolute atomic E-state index is 12.4. The van der Waals surface area contributed by atoms with Crippen molar-refractivity contribution in [2.75, 3.05) is 17.7 Å². The van der Waals surface area contributed by atoms with Gasteiger partial charge in [0.25, 0.3) is 0 Å². The molecule has 1 aromatic heterocycles. The zero-order valence-corrected chi connectivity index (χ0v) is 15.9. The number of amides is 1. The number of nitrogens with one attached hydrogen (secondary N) is 1. The maximum atomic E-state index is 12.4. The van der Waals surface area contributed by atoms with Gasteiger partial charge in [-0.25, -0.2) is 0 Å². The van der Waals surface area contributed by atoms with Gasteiger partial charge in [0.1, 0.15) is 28.9 Å². The number of hydrogen-bond acceptors (Lipinski definition) is 6. The van der Waals surface area contributed by atoms with Gasteiger partial charge in [-0.05, 0) is 36.8 Å². The second-order valence-electron chi connectivity index (χ2n) is 6.11. The number of carbonyl (C=O) groups excluding carboxylic acids is 1. The van der Waals surface area contributed by atoms with Crippen LogP contribution in [0.3, 0.4) is 0 Å². The molecular weight excluding hydrogens is 368 g/mol.